The minimum Gasteiger partial charge on any atom is -0.368 e. The molecule has 0 amide bonds. The summed E-state index contributed by atoms with van der Waals surface area (Å²) in [5.74, 6) is 0.942. The quantitative estimate of drug-likeness (QED) is 0.809. The van der Waals surface area contributed by atoms with Crippen LogP contribution in [-0.2, 0) is 0 Å². The number of rotatable bonds is 2. The second-order valence-electron chi connectivity index (χ2n) is 2.51. The van der Waals surface area contributed by atoms with Crippen LogP contribution >= 0.6 is 24.8 Å². The Hall–Kier alpha value is -0.470. The minimum absolute atomic E-state index is 0. The molecule has 2 nitrogen and oxygen atoms in total. The van der Waals surface area contributed by atoms with Gasteiger partial charge in [0.2, 0.25) is 0 Å². The highest BCUT2D eigenvalue weighted by atomic mass is 35.5. The Balaban J connectivity index is 0. The monoisotopic (exact) mass is 208 g/mol. The van der Waals surface area contributed by atoms with Crippen LogP contribution in [0.15, 0.2) is 24.4 Å². The molecule has 0 saturated heterocycles. The average molecular weight is 209 g/mol. The summed E-state index contributed by atoms with van der Waals surface area (Å²) < 4.78 is 0. The Kier molecular flexibility index (Phi) is 8.44. The van der Waals surface area contributed by atoms with E-state index in [2.05, 4.69) is 24.1 Å². The summed E-state index contributed by atoms with van der Waals surface area (Å²) in [5.41, 5.74) is 0. The Bertz CT molecular complexity index is 190. The third-order valence-corrected chi connectivity index (χ3v) is 1.10. The van der Waals surface area contributed by atoms with Gasteiger partial charge in [-0.15, -0.1) is 24.8 Å². The van der Waals surface area contributed by atoms with Crippen molar-refractivity contribution in [1.29, 1.82) is 0 Å². The predicted molar refractivity (Wildman–Crippen MR) is 57.5 cm³/mol. The number of halogens is 2. The Morgan fingerprint density at radius 3 is 2.33 bits per heavy atom. The van der Waals surface area contributed by atoms with E-state index in [1.807, 2.05) is 18.2 Å². The summed E-state index contributed by atoms with van der Waals surface area (Å²) in [6, 6.07) is 6.29. The Morgan fingerprint density at radius 2 is 1.92 bits per heavy atom. The first-order valence-corrected chi connectivity index (χ1v) is 3.46. The van der Waals surface area contributed by atoms with Gasteiger partial charge in [-0.2, -0.15) is 0 Å². The van der Waals surface area contributed by atoms with Gasteiger partial charge in [0.25, 0.3) is 0 Å². The van der Waals surface area contributed by atoms with Crippen molar-refractivity contribution in [1.82, 2.24) is 4.98 Å². The van der Waals surface area contributed by atoms with Crippen molar-refractivity contribution in [3.63, 3.8) is 0 Å². The van der Waals surface area contributed by atoms with E-state index in [1.165, 1.54) is 0 Å². The lowest BCUT2D eigenvalue weighted by Crippen LogP contribution is -2.10. The van der Waals surface area contributed by atoms with Crippen LogP contribution in [0.4, 0.5) is 5.82 Å². The Morgan fingerprint density at radius 1 is 1.25 bits per heavy atom. The van der Waals surface area contributed by atoms with Gasteiger partial charge in [0, 0.05) is 12.2 Å². The maximum atomic E-state index is 4.11. The maximum absolute atomic E-state index is 4.11. The number of nitrogens with zero attached hydrogens (tertiary/aromatic N) is 1. The molecular formula is C8H14Cl2N2. The lowest BCUT2D eigenvalue weighted by atomic mass is 10.4. The highest BCUT2D eigenvalue weighted by Gasteiger charge is 1.91. The van der Waals surface area contributed by atoms with E-state index < -0.39 is 0 Å². The van der Waals surface area contributed by atoms with Crippen molar-refractivity contribution in [3.8, 4) is 0 Å². The van der Waals surface area contributed by atoms with Gasteiger partial charge in [0.05, 0.1) is 0 Å². The molecule has 4 heteroatoms. The summed E-state index contributed by atoms with van der Waals surface area (Å²) in [4.78, 5) is 4.11. The molecule has 0 saturated carbocycles. The zero-order chi connectivity index (χ0) is 7.40. The standard InChI is InChI=1S/C8H12N2.2ClH/c1-7(2)10-8-5-3-4-6-9-8;;/h3-7H,1-2H3,(H,9,10);2*1H. The average Bonchev–Trinajstić information content (AvgIpc) is 1.88. The van der Waals surface area contributed by atoms with Crippen molar-refractivity contribution in [3.05, 3.63) is 24.4 Å². The van der Waals surface area contributed by atoms with Crippen molar-refractivity contribution in [2.45, 2.75) is 19.9 Å². The van der Waals surface area contributed by atoms with Crippen LogP contribution in [-0.4, -0.2) is 11.0 Å². The predicted octanol–water partition coefficient (Wildman–Crippen LogP) is 2.75. The van der Waals surface area contributed by atoms with Gasteiger partial charge in [-0.1, -0.05) is 6.07 Å². The van der Waals surface area contributed by atoms with E-state index in [9.17, 15) is 0 Å². The van der Waals surface area contributed by atoms with Crippen molar-refractivity contribution >= 4 is 30.6 Å². The molecule has 1 rings (SSSR count). The van der Waals surface area contributed by atoms with Crippen LogP contribution in [0.5, 0.6) is 0 Å². The third kappa shape index (κ3) is 5.22. The molecule has 0 aliphatic heterocycles. The molecule has 70 valence electrons. The maximum Gasteiger partial charge on any atom is 0.126 e. The first kappa shape index (κ1) is 14.1. The van der Waals surface area contributed by atoms with Gasteiger partial charge in [0.1, 0.15) is 5.82 Å². The normalized spacial score (nSPS) is 8.25. The molecule has 0 spiro atoms. The van der Waals surface area contributed by atoms with Gasteiger partial charge >= 0.3 is 0 Å². The van der Waals surface area contributed by atoms with Crippen LogP contribution in [0, 0.1) is 0 Å². The molecule has 0 unspecified atom stereocenters. The number of hydrogen-bond acceptors (Lipinski definition) is 2. The van der Waals surface area contributed by atoms with Gasteiger partial charge in [-0.25, -0.2) is 4.98 Å². The summed E-state index contributed by atoms with van der Waals surface area (Å²) >= 11 is 0. The molecule has 0 aromatic carbocycles. The number of anilines is 1. The lowest BCUT2D eigenvalue weighted by molar-refractivity contribution is 0.889. The van der Waals surface area contributed by atoms with Crippen LogP contribution < -0.4 is 5.32 Å². The van der Waals surface area contributed by atoms with Gasteiger partial charge < -0.3 is 5.32 Å². The summed E-state index contributed by atoms with van der Waals surface area (Å²) in [5, 5.41) is 3.19. The van der Waals surface area contributed by atoms with E-state index in [-0.39, 0.29) is 24.8 Å². The molecular weight excluding hydrogens is 195 g/mol. The first-order chi connectivity index (χ1) is 4.79. The molecule has 0 atom stereocenters. The fraction of sp³-hybridized carbons (Fsp3) is 0.375. The van der Waals surface area contributed by atoms with Crippen LogP contribution in [0.25, 0.3) is 0 Å². The summed E-state index contributed by atoms with van der Waals surface area (Å²) in [6.07, 6.45) is 1.78. The van der Waals surface area contributed by atoms with Gasteiger partial charge in [0.15, 0.2) is 0 Å². The molecule has 0 aliphatic carbocycles. The molecule has 0 fully saturated rings. The zero-order valence-electron chi connectivity index (χ0n) is 7.15. The largest absolute Gasteiger partial charge is 0.368 e. The van der Waals surface area contributed by atoms with E-state index in [1.54, 1.807) is 6.20 Å². The van der Waals surface area contributed by atoms with Crippen molar-refractivity contribution in [2.75, 3.05) is 5.32 Å². The van der Waals surface area contributed by atoms with Crippen molar-refractivity contribution < 1.29 is 0 Å². The molecule has 12 heavy (non-hydrogen) atoms. The fourth-order valence-electron chi connectivity index (χ4n) is 0.744. The summed E-state index contributed by atoms with van der Waals surface area (Å²) in [6.45, 7) is 4.18. The lowest BCUT2D eigenvalue weighted by Gasteiger charge is -2.06. The summed E-state index contributed by atoms with van der Waals surface area (Å²) in [7, 11) is 0. The highest BCUT2D eigenvalue weighted by Crippen LogP contribution is 2.00. The molecule has 1 N–H and O–H groups in total. The topological polar surface area (TPSA) is 24.9 Å². The zero-order valence-corrected chi connectivity index (χ0v) is 8.78. The molecule has 0 bridgehead atoms. The molecule has 0 radical (unpaired) electrons. The number of pyridine rings is 1. The molecule has 1 heterocycles. The van der Waals surface area contributed by atoms with E-state index in [4.69, 9.17) is 0 Å². The number of aromatic nitrogens is 1. The fourth-order valence-corrected chi connectivity index (χ4v) is 0.744. The van der Waals surface area contributed by atoms with Gasteiger partial charge in [-0.3, -0.25) is 0 Å². The smallest absolute Gasteiger partial charge is 0.126 e. The van der Waals surface area contributed by atoms with Crippen LogP contribution in [0.3, 0.4) is 0 Å². The molecule has 1 aromatic heterocycles. The SMILES string of the molecule is CC(C)Nc1ccccn1.Cl.Cl. The highest BCUT2D eigenvalue weighted by molar-refractivity contribution is 5.85. The van der Waals surface area contributed by atoms with Gasteiger partial charge in [-0.05, 0) is 26.0 Å². The van der Waals surface area contributed by atoms with Crippen molar-refractivity contribution in [2.24, 2.45) is 0 Å². The second kappa shape index (κ2) is 7.19. The first-order valence-electron chi connectivity index (χ1n) is 3.46. The minimum atomic E-state index is 0. The van der Waals surface area contributed by atoms with Crippen LogP contribution in [0.1, 0.15) is 13.8 Å². The number of nitrogens with one attached hydrogen (secondary N) is 1. The van der Waals surface area contributed by atoms with E-state index in [0.29, 0.717) is 6.04 Å². The van der Waals surface area contributed by atoms with E-state index >= 15 is 0 Å². The van der Waals surface area contributed by atoms with E-state index in [0.717, 1.165) is 5.82 Å². The third-order valence-electron chi connectivity index (χ3n) is 1.10. The molecule has 0 aliphatic rings. The number of hydrogen-bond donors (Lipinski definition) is 1. The second-order valence-corrected chi connectivity index (χ2v) is 2.51. The molecule has 1 aromatic rings. The Labute approximate surface area is 85.6 Å². The van der Waals surface area contributed by atoms with Crippen LogP contribution in [0.2, 0.25) is 0 Å².